The number of aliphatic hydroxyl groups is 1. The molecule has 1 atom stereocenters. The standard InChI is InChI=1S/C11H16BrNO2.ClH/c1-15-11-3-2-8(5-10(11)12)4-9(6-13)7-14;/h2-3,5,9,14H,4,6-7,13H2,1H3;1H. The minimum Gasteiger partial charge on any atom is -0.496 e. The van der Waals surface area contributed by atoms with Gasteiger partial charge in [-0.1, -0.05) is 6.07 Å². The highest BCUT2D eigenvalue weighted by Crippen LogP contribution is 2.26. The van der Waals surface area contributed by atoms with Crippen LogP contribution in [0.2, 0.25) is 0 Å². The van der Waals surface area contributed by atoms with Crippen molar-refractivity contribution < 1.29 is 9.84 Å². The van der Waals surface area contributed by atoms with Crippen LogP contribution in [0.4, 0.5) is 0 Å². The van der Waals surface area contributed by atoms with Crippen LogP contribution in [-0.4, -0.2) is 25.4 Å². The molecule has 3 N–H and O–H groups in total. The molecular formula is C11H17BrClNO2. The molecule has 0 bridgehead atoms. The second-order valence-corrected chi connectivity index (χ2v) is 4.31. The van der Waals surface area contributed by atoms with Crippen LogP contribution in [0.15, 0.2) is 22.7 Å². The summed E-state index contributed by atoms with van der Waals surface area (Å²) in [6, 6.07) is 5.89. The van der Waals surface area contributed by atoms with Crippen LogP contribution < -0.4 is 10.5 Å². The summed E-state index contributed by atoms with van der Waals surface area (Å²) in [6.07, 6.45) is 0.787. The van der Waals surface area contributed by atoms with Crippen molar-refractivity contribution in [2.75, 3.05) is 20.3 Å². The Balaban J connectivity index is 0.00000225. The highest BCUT2D eigenvalue weighted by molar-refractivity contribution is 9.10. The average molecular weight is 311 g/mol. The summed E-state index contributed by atoms with van der Waals surface area (Å²) in [7, 11) is 1.64. The predicted molar refractivity (Wildman–Crippen MR) is 71.3 cm³/mol. The van der Waals surface area contributed by atoms with Gasteiger partial charge in [-0.3, -0.25) is 0 Å². The first-order chi connectivity index (χ1) is 7.21. The number of benzene rings is 1. The van der Waals surface area contributed by atoms with Crippen LogP contribution in [0.5, 0.6) is 5.75 Å². The Bertz CT molecular complexity index is 319. The zero-order chi connectivity index (χ0) is 11.3. The molecule has 1 unspecified atom stereocenters. The van der Waals surface area contributed by atoms with Crippen molar-refractivity contribution in [3.8, 4) is 5.75 Å². The van der Waals surface area contributed by atoms with Gasteiger partial charge in [0.2, 0.25) is 0 Å². The first kappa shape index (κ1) is 15.7. The third-order valence-electron chi connectivity index (χ3n) is 2.33. The first-order valence-corrected chi connectivity index (χ1v) is 5.64. The number of methoxy groups -OCH3 is 1. The van der Waals surface area contributed by atoms with Gasteiger partial charge in [0.15, 0.2) is 0 Å². The van der Waals surface area contributed by atoms with Gasteiger partial charge in [-0.05, 0) is 52.5 Å². The van der Waals surface area contributed by atoms with E-state index in [2.05, 4.69) is 15.9 Å². The third kappa shape index (κ3) is 4.29. The number of ether oxygens (including phenoxy) is 1. The summed E-state index contributed by atoms with van der Waals surface area (Å²) in [5.74, 6) is 0.942. The van der Waals surface area contributed by atoms with Crippen molar-refractivity contribution in [3.05, 3.63) is 28.2 Å². The lowest BCUT2D eigenvalue weighted by molar-refractivity contribution is 0.230. The minimum atomic E-state index is 0. The van der Waals surface area contributed by atoms with Crippen molar-refractivity contribution in [1.29, 1.82) is 0 Å². The highest BCUT2D eigenvalue weighted by Gasteiger charge is 2.08. The Hall–Kier alpha value is -0.290. The van der Waals surface area contributed by atoms with Crippen LogP contribution in [0.1, 0.15) is 5.56 Å². The molecule has 1 aromatic carbocycles. The summed E-state index contributed by atoms with van der Waals surface area (Å²) < 4.78 is 6.06. The molecule has 3 nitrogen and oxygen atoms in total. The van der Waals surface area contributed by atoms with Crippen LogP contribution >= 0.6 is 28.3 Å². The summed E-state index contributed by atoms with van der Waals surface area (Å²) in [5, 5.41) is 9.04. The maximum atomic E-state index is 9.04. The van der Waals surface area contributed by atoms with Crippen LogP contribution in [0.25, 0.3) is 0 Å². The van der Waals surface area contributed by atoms with E-state index >= 15 is 0 Å². The fourth-order valence-corrected chi connectivity index (χ4v) is 1.98. The van der Waals surface area contributed by atoms with E-state index in [4.69, 9.17) is 15.6 Å². The maximum Gasteiger partial charge on any atom is 0.133 e. The summed E-state index contributed by atoms with van der Waals surface area (Å²) >= 11 is 3.42. The second-order valence-electron chi connectivity index (χ2n) is 3.46. The monoisotopic (exact) mass is 309 g/mol. The predicted octanol–water partition coefficient (Wildman–Crippen LogP) is 1.99. The molecule has 1 rings (SSSR count). The number of hydrogen-bond acceptors (Lipinski definition) is 3. The number of nitrogens with two attached hydrogens (primary N) is 1. The molecule has 0 aromatic heterocycles. The van der Waals surface area contributed by atoms with Gasteiger partial charge in [-0.2, -0.15) is 0 Å². The molecule has 0 aliphatic rings. The smallest absolute Gasteiger partial charge is 0.133 e. The molecule has 0 radical (unpaired) electrons. The van der Waals surface area contributed by atoms with E-state index in [-0.39, 0.29) is 24.9 Å². The van der Waals surface area contributed by atoms with Gasteiger partial charge >= 0.3 is 0 Å². The third-order valence-corrected chi connectivity index (χ3v) is 2.95. The van der Waals surface area contributed by atoms with Gasteiger partial charge in [0.25, 0.3) is 0 Å². The summed E-state index contributed by atoms with van der Waals surface area (Å²) in [6.45, 7) is 0.625. The van der Waals surface area contributed by atoms with Gasteiger partial charge < -0.3 is 15.6 Å². The SMILES string of the molecule is COc1ccc(CC(CN)CO)cc1Br.Cl. The van der Waals surface area contributed by atoms with Gasteiger partial charge in [0.05, 0.1) is 11.6 Å². The topological polar surface area (TPSA) is 55.5 Å². The van der Waals surface area contributed by atoms with Gasteiger partial charge in [0, 0.05) is 6.61 Å². The highest BCUT2D eigenvalue weighted by atomic mass is 79.9. The van der Waals surface area contributed by atoms with Crippen molar-refractivity contribution >= 4 is 28.3 Å². The Labute approximate surface area is 111 Å². The quantitative estimate of drug-likeness (QED) is 0.874. The fourth-order valence-electron chi connectivity index (χ4n) is 1.39. The van der Waals surface area contributed by atoms with E-state index in [9.17, 15) is 0 Å². The minimum absolute atomic E-state index is 0. The molecule has 0 heterocycles. The van der Waals surface area contributed by atoms with E-state index in [1.54, 1.807) is 7.11 Å². The molecule has 0 amide bonds. The number of halogens is 2. The Morgan fingerprint density at radius 1 is 1.50 bits per heavy atom. The molecule has 0 saturated carbocycles. The number of hydrogen-bond donors (Lipinski definition) is 2. The molecule has 0 fully saturated rings. The normalized spacial score (nSPS) is 11.8. The number of aliphatic hydroxyl groups excluding tert-OH is 1. The summed E-state index contributed by atoms with van der Waals surface area (Å²) in [4.78, 5) is 0. The van der Waals surface area contributed by atoms with Crippen molar-refractivity contribution in [3.63, 3.8) is 0 Å². The van der Waals surface area contributed by atoms with Gasteiger partial charge in [-0.25, -0.2) is 0 Å². The molecule has 5 heteroatoms. The van der Waals surface area contributed by atoms with Crippen LogP contribution in [0.3, 0.4) is 0 Å². The van der Waals surface area contributed by atoms with Crippen molar-refractivity contribution in [1.82, 2.24) is 0 Å². The van der Waals surface area contributed by atoms with Crippen molar-refractivity contribution in [2.45, 2.75) is 6.42 Å². The molecule has 0 aliphatic carbocycles. The fraction of sp³-hybridized carbons (Fsp3) is 0.455. The zero-order valence-corrected chi connectivity index (χ0v) is 11.6. The van der Waals surface area contributed by atoms with E-state index in [0.29, 0.717) is 6.54 Å². The Kier molecular flexibility index (Phi) is 7.76. The molecule has 0 spiro atoms. The number of rotatable bonds is 5. The Morgan fingerprint density at radius 2 is 2.19 bits per heavy atom. The van der Waals surface area contributed by atoms with Gasteiger partial charge in [-0.15, -0.1) is 12.4 Å². The average Bonchev–Trinajstić information content (AvgIpc) is 2.26. The van der Waals surface area contributed by atoms with Crippen molar-refractivity contribution in [2.24, 2.45) is 11.7 Å². The molecule has 92 valence electrons. The molecule has 0 saturated heterocycles. The molecule has 1 aromatic rings. The lowest BCUT2D eigenvalue weighted by Gasteiger charge is -2.12. The zero-order valence-electron chi connectivity index (χ0n) is 9.15. The lowest BCUT2D eigenvalue weighted by atomic mass is 10.0. The largest absolute Gasteiger partial charge is 0.496 e. The molecule has 0 aliphatic heterocycles. The Morgan fingerprint density at radius 3 is 2.62 bits per heavy atom. The lowest BCUT2D eigenvalue weighted by Crippen LogP contribution is -2.20. The maximum absolute atomic E-state index is 9.04. The van der Waals surface area contributed by atoms with E-state index in [0.717, 1.165) is 22.2 Å². The van der Waals surface area contributed by atoms with E-state index in [1.807, 2.05) is 18.2 Å². The molecule has 16 heavy (non-hydrogen) atoms. The summed E-state index contributed by atoms with van der Waals surface area (Å²) in [5.41, 5.74) is 6.67. The van der Waals surface area contributed by atoms with Gasteiger partial charge in [0.1, 0.15) is 5.75 Å². The second kappa shape index (κ2) is 7.90. The molecular weight excluding hydrogens is 293 g/mol. The van der Waals surface area contributed by atoms with E-state index < -0.39 is 0 Å². The van der Waals surface area contributed by atoms with Crippen LogP contribution in [-0.2, 0) is 6.42 Å². The van der Waals surface area contributed by atoms with Crippen LogP contribution in [0, 0.1) is 5.92 Å². The first-order valence-electron chi connectivity index (χ1n) is 4.84. The van der Waals surface area contributed by atoms with E-state index in [1.165, 1.54) is 0 Å².